The quantitative estimate of drug-likeness (QED) is 0.330. The standard InChI is InChI=1S/C35H48N4O5/c1-5-6-16-36(17-9-19-39(2,3)4)33(41)24-37-23-28(25-12-13-31-27(21-25)15-20-44-31)34(35(42)43)30(37)14-18-38-29-11-8-7-10-26(29)22-32(38)40/h7-8,10-13,21,28,30,34H,5-6,9,14-20,22-24H2,1-4H3/p+1/t28-,30+,34-/m1/s1. The van der Waals surface area contributed by atoms with Crippen LogP contribution >= 0.6 is 0 Å². The summed E-state index contributed by atoms with van der Waals surface area (Å²) in [6, 6.07) is 13.5. The zero-order valence-electron chi connectivity index (χ0n) is 26.8. The number of anilines is 1. The van der Waals surface area contributed by atoms with Gasteiger partial charge in [-0.3, -0.25) is 19.3 Å². The number of rotatable bonds is 14. The maximum atomic E-state index is 13.9. The van der Waals surface area contributed by atoms with E-state index in [0.29, 0.717) is 45.6 Å². The minimum absolute atomic E-state index is 0.0388. The van der Waals surface area contributed by atoms with Crippen LogP contribution in [0.1, 0.15) is 55.2 Å². The number of amides is 2. The topological polar surface area (TPSA) is 90.4 Å². The van der Waals surface area contributed by atoms with E-state index in [1.54, 1.807) is 4.90 Å². The summed E-state index contributed by atoms with van der Waals surface area (Å²) in [5, 5.41) is 10.7. The van der Waals surface area contributed by atoms with Crippen LogP contribution < -0.4 is 9.64 Å². The molecule has 0 aliphatic carbocycles. The maximum absolute atomic E-state index is 13.9. The summed E-state index contributed by atoms with van der Waals surface area (Å²) < 4.78 is 6.56. The van der Waals surface area contributed by atoms with Crippen molar-refractivity contribution in [2.75, 3.05) is 71.9 Å². The number of carboxylic acids is 1. The van der Waals surface area contributed by atoms with Crippen molar-refractivity contribution in [3.05, 3.63) is 59.2 Å². The molecule has 9 heteroatoms. The molecule has 0 radical (unpaired) electrons. The lowest BCUT2D eigenvalue weighted by molar-refractivity contribution is -0.870. The number of fused-ring (bicyclic) bond motifs is 2. The van der Waals surface area contributed by atoms with Gasteiger partial charge in [0.05, 0.1) is 53.2 Å². The number of likely N-dealkylation sites (tertiary alicyclic amines) is 1. The number of benzene rings is 2. The summed E-state index contributed by atoms with van der Waals surface area (Å²) in [6.45, 7) is 6.23. The number of para-hydroxylation sites is 1. The van der Waals surface area contributed by atoms with E-state index in [1.807, 2.05) is 41.3 Å². The lowest BCUT2D eigenvalue weighted by Gasteiger charge is -2.31. The molecule has 2 aromatic rings. The monoisotopic (exact) mass is 605 g/mol. The van der Waals surface area contributed by atoms with Crippen LogP contribution in [0.25, 0.3) is 0 Å². The zero-order valence-corrected chi connectivity index (χ0v) is 26.8. The Kier molecular flexibility index (Phi) is 9.95. The summed E-state index contributed by atoms with van der Waals surface area (Å²) in [6.07, 6.45) is 4.51. The van der Waals surface area contributed by atoms with Crippen molar-refractivity contribution in [3.8, 4) is 5.75 Å². The average Bonchev–Trinajstić information content (AvgIpc) is 3.67. The molecular weight excluding hydrogens is 556 g/mol. The average molecular weight is 606 g/mol. The molecule has 3 aliphatic heterocycles. The van der Waals surface area contributed by atoms with Crippen LogP contribution in [0.3, 0.4) is 0 Å². The molecule has 9 nitrogen and oxygen atoms in total. The highest BCUT2D eigenvalue weighted by Crippen LogP contribution is 2.41. The number of aliphatic carboxylic acids is 1. The molecule has 44 heavy (non-hydrogen) atoms. The highest BCUT2D eigenvalue weighted by molar-refractivity contribution is 6.01. The van der Waals surface area contributed by atoms with E-state index >= 15 is 0 Å². The molecule has 0 bridgehead atoms. The van der Waals surface area contributed by atoms with E-state index in [-0.39, 0.29) is 30.3 Å². The van der Waals surface area contributed by atoms with Crippen molar-refractivity contribution in [2.45, 2.75) is 57.4 Å². The van der Waals surface area contributed by atoms with Gasteiger partial charge in [0.1, 0.15) is 5.75 Å². The van der Waals surface area contributed by atoms with Crippen molar-refractivity contribution >= 4 is 23.5 Å². The first-order valence-electron chi connectivity index (χ1n) is 16.2. The lowest BCUT2D eigenvalue weighted by atomic mass is 9.83. The van der Waals surface area contributed by atoms with E-state index < -0.39 is 11.9 Å². The Morgan fingerprint density at radius 3 is 2.59 bits per heavy atom. The summed E-state index contributed by atoms with van der Waals surface area (Å²) >= 11 is 0. The van der Waals surface area contributed by atoms with E-state index in [4.69, 9.17) is 4.74 Å². The summed E-state index contributed by atoms with van der Waals surface area (Å²) in [5.74, 6) is -0.852. The number of nitrogens with zero attached hydrogens (tertiary/aromatic N) is 4. The number of quaternary nitrogens is 1. The van der Waals surface area contributed by atoms with Gasteiger partial charge in [0.25, 0.3) is 0 Å². The first-order chi connectivity index (χ1) is 21.1. The molecule has 2 aromatic carbocycles. The highest BCUT2D eigenvalue weighted by Gasteiger charge is 2.47. The van der Waals surface area contributed by atoms with Crippen molar-refractivity contribution in [1.82, 2.24) is 9.80 Å². The third-order valence-electron chi connectivity index (χ3n) is 9.48. The molecule has 5 rings (SSSR count). The number of ether oxygens (including phenoxy) is 1. The van der Waals surface area contributed by atoms with Gasteiger partial charge in [-0.2, -0.15) is 0 Å². The fourth-order valence-corrected chi connectivity index (χ4v) is 7.17. The zero-order chi connectivity index (χ0) is 31.4. The van der Waals surface area contributed by atoms with Gasteiger partial charge in [-0.15, -0.1) is 0 Å². The first kappa shape index (κ1) is 32.0. The van der Waals surface area contributed by atoms with Gasteiger partial charge in [-0.25, -0.2) is 0 Å². The van der Waals surface area contributed by atoms with Gasteiger partial charge in [0, 0.05) is 56.7 Å². The Morgan fingerprint density at radius 2 is 1.84 bits per heavy atom. The largest absolute Gasteiger partial charge is 0.493 e. The van der Waals surface area contributed by atoms with Crippen LogP contribution in [0.15, 0.2) is 42.5 Å². The summed E-state index contributed by atoms with van der Waals surface area (Å²) in [5.41, 5.74) is 4.00. The summed E-state index contributed by atoms with van der Waals surface area (Å²) in [7, 11) is 6.48. The molecule has 0 spiro atoms. The fourth-order valence-electron chi connectivity index (χ4n) is 7.17. The Hall–Kier alpha value is -3.43. The Balaban J connectivity index is 1.39. The van der Waals surface area contributed by atoms with Crippen LogP contribution in [0, 0.1) is 5.92 Å². The molecule has 0 saturated carbocycles. The minimum Gasteiger partial charge on any atom is -0.493 e. The van der Waals surface area contributed by atoms with Gasteiger partial charge in [0.2, 0.25) is 11.8 Å². The lowest BCUT2D eigenvalue weighted by Crippen LogP contribution is -2.46. The molecule has 1 N–H and O–H groups in total. The van der Waals surface area contributed by atoms with Gasteiger partial charge in [-0.1, -0.05) is 43.7 Å². The van der Waals surface area contributed by atoms with E-state index in [1.165, 1.54) is 0 Å². The second kappa shape index (κ2) is 13.7. The van der Waals surface area contributed by atoms with Gasteiger partial charge in [-0.05, 0) is 41.7 Å². The third kappa shape index (κ3) is 7.26. The van der Waals surface area contributed by atoms with E-state index in [0.717, 1.165) is 64.8 Å². The fraction of sp³-hybridized carbons (Fsp3) is 0.571. The number of carboxylic acid groups (broad SMARTS) is 1. The van der Waals surface area contributed by atoms with Crippen LogP contribution in [0.5, 0.6) is 5.75 Å². The number of hydrogen-bond acceptors (Lipinski definition) is 5. The smallest absolute Gasteiger partial charge is 0.308 e. The second-order valence-electron chi connectivity index (χ2n) is 13.7. The predicted octanol–water partition coefficient (Wildman–Crippen LogP) is 3.79. The molecule has 0 unspecified atom stereocenters. The molecule has 3 heterocycles. The SMILES string of the molecule is CCCCN(CCC[N+](C)(C)C)C(=O)CN1C[C@H](c2ccc3c(c2)CCO3)[C@@H](C(=O)O)[C@@H]1CCN1C(=O)Cc2ccccc21. The Morgan fingerprint density at radius 1 is 1.07 bits per heavy atom. The molecule has 238 valence electrons. The van der Waals surface area contributed by atoms with Crippen molar-refractivity contribution in [3.63, 3.8) is 0 Å². The molecule has 0 aromatic heterocycles. The van der Waals surface area contributed by atoms with Gasteiger partial charge in [0.15, 0.2) is 0 Å². The molecule has 2 amide bonds. The number of unbranched alkanes of at least 4 members (excludes halogenated alkanes) is 1. The second-order valence-corrected chi connectivity index (χ2v) is 13.7. The first-order valence-corrected chi connectivity index (χ1v) is 16.2. The number of carbonyl (C=O) groups is 3. The third-order valence-corrected chi connectivity index (χ3v) is 9.48. The van der Waals surface area contributed by atoms with Gasteiger partial charge >= 0.3 is 5.97 Å². The van der Waals surface area contributed by atoms with Crippen molar-refractivity contribution < 1.29 is 28.7 Å². The number of hydrogen-bond donors (Lipinski definition) is 1. The minimum atomic E-state index is -0.856. The van der Waals surface area contributed by atoms with Crippen LogP contribution in [0.2, 0.25) is 0 Å². The molecule has 1 fully saturated rings. The molecule has 3 atom stereocenters. The van der Waals surface area contributed by atoms with E-state index in [2.05, 4.69) is 39.0 Å². The maximum Gasteiger partial charge on any atom is 0.308 e. The normalized spacial score (nSPS) is 21.3. The van der Waals surface area contributed by atoms with Crippen LogP contribution in [0.4, 0.5) is 5.69 Å². The number of carbonyl (C=O) groups excluding carboxylic acids is 2. The Bertz CT molecular complexity index is 1350. The van der Waals surface area contributed by atoms with Gasteiger partial charge < -0.3 is 24.1 Å². The molecule has 1 saturated heterocycles. The predicted molar refractivity (Wildman–Crippen MR) is 171 cm³/mol. The van der Waals surface area contributed by atoms with Crippen molar-refractivity contribution in [1.29, 1.82) is 0 Å². The van der Waals surface area contributed by atoms with E-state index in [9.17, 15) is 19.5 Å². The van der Waals surface area contributed by atoms with Crippen LogP contribution in [-0.2, 0) is 27.2 Å². The molecular formula is C35H49N4O5+. The summed E-state index contributed by atoms with van der Waals surface area (Å²) in [4.78, 5) is 45.8. The highest BCUT2D eigenvalue weighted by atomic mass is 16.5. The van der Waals surface area contributed by atoms with Crippen molar-refractivity contribution in [2.24, 2.45) is 5.92 Å². The Labute approximate surface area is 262 Å². The van der Waals surface area contributed by atoms with Crippen LogP contribution in [-0.4, -0.2) is 110 Å². The molecule has 3 aliphatic rings.